The Morgan fingerprint density at radius 2 is 2.31 bits per heavy atom. The quantitative estimate of drug-likeness (QED) is 0.800. The molecule has 1 aliphatic rings. The minimum absolute atomic E-state index is 0.175. The number of halogens is 1. The van der Waals surface area contributed by atoms with E-state index >= 15 is 0 Å². The van der Waals surface area contributed by atoms with Crippen molar-refractivity contribution < 1.29 is 14.0 Å². The van der Waals surface area contributed by atoms with Gasteiger partial charge in [-0.2, -0.15) is 0 Å². The van der Waals surface area contributed by atoms with Crippen molar-refractivity contribution in [3.8, 4) is 0 Å². The lowest BCUT2D eigenvalue weighted by Crippen LogP contribution is -2.30. The van der Waals surface area contributed by atoms with Crippen LogP contribution in [0.25, 0.3) is 0 Å². The second-order valence-electron chi connectivity index (χ2n) is 3.66. The van der Waals surface area contributed by atoms with E-state index in [0.29, 0.717) is 36.4 Å². The van der Waals surface area contributed by atoms with Crippen molar-refractivity contribution >= 4 is 11.8 Å². The summed E-state index contributed by atoms with van der Waals surface area (Å²) >= 11 is 1.53. The van der Waals surface area contributed by atoms with Crippen molar-refractivity contribution in [3.63, 3.8) is 0 Å². The number of rotatable bonds is 5. The average Bonchev–Trinajstić information content (AvgIpc) is 2.22. The molecule has 1 fully saturated rings. The van der Waals surface area contributed by atoms with E-state index in [1.165, 1.54) is 11.8 Å². The topological polar surface area (TPSA) is 44.5 Å². The predicted octanol–water partition coefficient (Wildman–Crippen LogP) is 1.75. The molecule has 1 saturated heterocycles. The number of hydrogen-bond acceptors (Lipinski definition) is 4. The number of nitrogens with two attached hydrogens (primary N) is 1. The summed E-state index contributed by atoms with van der Waals surface area (Å²) in [5, 5.41) is 0.396. The Balaban J connectivity index is 1.97. The molecule has 2 N–H and O–H groups in total. The zero-order valence-corrected chi connectivity index (χ0v) is 9.63. The van der Waals surface area contributed by atoms with E-state index in [0.717, 1.165) is 5.56 Å². The smallest absolute Gasteiger partial charge is 0.137 e. The van der Waals surface area contributed by atoms with Gasteiger partial charge in [-0.3, -0.25) is 0 Å². The molecule has 0 saturated carbocycles. The van der Waals surface area contributed by atoms with E-state index in [9.17, 15) is 4.39 Å². The van der Waals surface area contributed by atoms with Crippen LogP contribution in [0.2, 0.25) is 0 Å². The molecular formula is C11H14FNO2S. The first-order valence-electron chi connectivity index (χ1n) is 5.14. The zero-order chi connectivity index (χ0) is 11.4. The largest absolute Gasteiger partial charge is 0.379 e. The van der Waals surface area contributed by atoms with Crippen LogP contribution in [0.4, 0.5) is 4.39 Å². The number of ether oxygens (including phenoxy) is 1. The van der Waals surface area contributed by atoms with Gasteiger partial charge in [0.25, 0.3) is 0 Å². The minimum atomic E-state index is -0.175. The molecule has 88 valence electrons. The van der Waals surface area contributed by atoms with Gasteiger partial charge in [-0.1, -0.05) is 6.07 Å². The average molecular weight is 243 g/mol. The van der Waals surface area contributed by atoms with Crippen LogP contribution < -0.4 is 5.90 Å². The number of hydrogen-bond donors (Lipinski definition) is 1. The zero-order valence-electron chi connectivity index (χ0n) is 8.82. The summed E-state index contributed by atoms with van der Waals surface area (Å²) in [7, 11) is 0. The van der Waals surface area contributed by atoms with Crippen LogP contribution in [0.5, 0.6) is 0 Å². The van der Waals surface area contributed by atoms with E-state index in [2.05, 4.69) is 4.84 Å². The van der Waals surface area contributed by atoms with E-state index in [-0.39, 0.29) is 5.82 Å². The van der Waals surface area contributed by atoms with Crippen LogP contribution in [-0.2, 0) is 16.0 Å². The molecule has 5 heteroatoms. The fourth-order valence-corrected chi connectivity index (χ4v) is 2.44. The molecule has 3 nitrogen and oxygen atoms in total. The molecule has 1 aromatic rings. The molecule has 2 rings (SSSR count). The van der Waals surface area contributed by atoms with Gasteiger partial charge in [0.05, 0.1) is 25.1 Å². The number of benzene rings is 1. The van der Waals surface area contributed by atoms with Crippen molar-refractivity contribution in [1.29, 1.82) is 0 Å². The molecule has 0 atom stereocenters. The van der Waals surface area contributed by atoms with Crippen molar-refractivity contribution in [3.05, 3.63) is 29.6 Å². The third-order valence-corrected chi connectivity index (χ3v) is 3.60. The molecule has 1 aliphatic heterocycles. The van der Waals surface area contributed by atoms with Gasteiger partial charge in [0.1, 0.15) is 5.82 Å². The second kappa shape index (κ2) is 5.63. The van der Waals surface area contributed by atoms with E-state index in [1.807, 2.05) is 12.1 Å². The highest BCUT2D eigenvalue weighted by molar-refractivity contribution is 8.00. The Morgan fingerprint density at radius 3 is 2.88 bits per heavy atom. The maximum Gasteiger partial charge on any atom is 0.137 e. The third-order valence-electron chi connectivity index (χ3n) is 2.41. The van der Waals surface area contributed by atoms with E-state index in [4.69, 9.17) is 10.6 Å². The first-order chi connectivity index (χ1) is 7.79. The van der Waals surface area contributed by atoms with Crippen molar-refractivity contribution in [2.24, 2.45) is 5.90 Å². The SMILES string of the molecule is NOCCc1ccc(SC2COC2)c(F)c1. The molecule has 1 heterocycles. The summed E-state index contributed by atoms with van der Waals surface area (Å²) < 4.78 is 18.7. The summed E-state index contributed by atoms with van der Waals surface area (Å²) in [5.74, 6) is 4.75. The summed E-state index contributed by atoms with van der Waals surface area (Å²) in [4.78, 5) is 5.15. The van der Waals surface area contributed by atoms with Gasteiger partial charge in [0.2, 0.25) is 0 Å². The molecule has 0 spiro atoms. The van der Waals surface area contributed by atoms with Gasteiger partial charge in [0, 0.05) is 4.90 Å². The van der Waals surface area contributed by atoms with Crippen molar-refractivity contribution in [2.45, 2.75) is 16.6 Å². The molecule has 0 unspecified atom stereocenters. The molecule has 0 amide bonds. The van der Waals surface area contributed by atoms with E-state index in [1.54, 1.807) is 6.07 Å². The monoisotopic (exact) mass is 243 g/mol. The van der Waals surface area contributed by atoms with Gasteiger partial charge in [-0.25, -0.2) is 10.3 Å². The Labute approximate surface area is 98.1 Å². The van der Waals surface area contributed by atoms with Crippen LogP contribution >= 0.6 is 11.8 Å². The Hall–Kier alpha value is -0.620. The fourth-order valence-electron chi connectivity index (χ4n) is 1.43. The van der Waals surface area contributed by atoms with Crippen molar-refractivity contribution in [1.82, 2.24) is 0 Å². The maximum atomic E-state index is 13.7. The van der Waals surface area contributed by atoms with Crippen LogP contribution in [-0.4, -0.2) is 25.1 Å². The standard InChI is InChI=1S/C11H14FNO2S/c12-10-5-8(3-4-15-13)1-2-11(10)16-9-6-14-7-9/h1-2,5,9H,3-4,6-7,13H2. The molecule has 0 bridgehead atoms. The summed E-state index contributed by atoms with van der Waals surface area (Å²) in [6.45, 7) is 1.84. The molecule has 0 radical (unpaired) electrons. The Bertz CT molecular complexity index is 358. The summed E-state index contributed by atoms with van der Waals surface area (Å²) in [5.41, 5.74) is 0.900. The first-order valence-corrected chi connectivity index (χ1v) is 6.02. The van der Waals surface area contributed by atoms with Gasteiger partial charge >= 0.3 is 0 Å². The molecule has 0 aliphatic carbocycles. The Kier molecular flexibility index (Phi) is 4.17. The summed E-state index contributed by atoms with van der Waals surface area (Å²) in [6, 6.07) is 5.26. The minimum Gasteiger partial charge on any atom is -0.379 e. The summed E-state index contributed by atoms with van der Waals surface area (Å²) in [6.07, 6.45) is 0.630. The first kappa shape index (κ1) is 11.9. The van der Waals surface area contributed by atoms with Gasteiger partial charge < -0.3 is 9.57 Å². The van der Waals surface area contributed by atoms with Gasteiger partial charge in [-0.05, 0) is 24.1 Å². The molecule has 0 aromatic heterocycles. The fraction of sp³-hybridized carbons (Fsp3) is 0.455. The molecule has 1 aromatic carbocycles. The third kappa shape index (κ3) is 2.95. The van der Waals surface area contributed by atoms with Crippen LogP contribution in [0.15, 0.2) is 23.1 Å². The van der Waals surface area contributed by atoms with Crippen molar-refractivity contribution in [2.75, 3.05) is 19.8 Å². The van der Waals surface area contributed by atoms with E-state index < -0.39 is 0 Å². The number of thioether (sulfide) groups is 1. The highest BCUT2D eigenvalue weighted by Gasteiger charge is 2.20. The predicted molar refractivity (Wildman–Crippen MR) is 60.7 cm³/mol. The van der Waals surface area contributed by atoms with Crippen LogP contribution in [0.3, 0.4) is 0 Å². The van der Waals surface area contributed by atoms with Crippen LogP contribution in [0.1, 0.15) is 5.56 Å². The maximum absolute atomic E-state index is 13.7. The lowest BCUT2D eigenvalue weighted by molar-refractivity contribution is 0.0455. The highest BCUT2D eigenvalue weighted by Crippen LogP contribution is 2.30. The van der Waals surface area contributed by atoms with Crippen LogP contribution in [0, 0.1) is 5.82 Å². The molecular weight excluding hydrogens is 229 g/mol. The normalized spacial score (nSPS) is 16.1. The Morgan fingerprint density at radius 1 is 1.50 bits per heavy atom. The lowest BCUT2D eigenvalue weighted by atomic mass is 10.1. The van der Waals surface area contributed by atoms with Gasteiger partial charge in [0.15, 0.2) is 0 Å². The molecule has 16 heavy (non-hydrogen) atoms. The van der Waals surface area contributed by atoms with Gasteiger partial charge in [-0.15, -0.1) is 11.8 Å². The second-order valence-corrected chi connectivity index (χ2v) is 5.01. The highest BCUT2D eigenvalue weighted by atomic mass is 32.2. The lowest BCUT2D eigenvalue weighted by Gasteiger charge is -2.25.